The van der Waals surface area contributed by atoms with Gasteiger partial charge in [-0.2, -0.15) is 0 Å². The van der Waals surface area contributed by atoms with Crippen LogP contribution in [-0.2, 0) is 6.54 Å². The van der Waals surface area contributed by atoms with Crippen molar-refractivity contribution in [3.63, 3.8) is 0 Å². The van der Waals surface area contributed by atoms with Gasteiger partial charge < -0.3 is 0 Å². The molecule has 98 valence electrons. The number of fused-ring (bicyclic) bond motifs is 1. The van der Waals surface area contributed by atoms with Crippen LogP contribution in [0.2, 0.25) is 0 Å². The first kappa shape index (κ1) is 12.1. The molecule has 0 amide bonds. The Balaban J connectivity index is 1.68. The second-order valence-corrected chi connectivity index (χ2v) is 5.84. The highest BCUT2D eigenvalue weighted by Crippen LogP contribution is 2.25. The Morgan fingerprint density at radius 1 is 1.33 bits per heavy atom. The van der Waals surface area contributed by atoms with Gasteiger partial charge >= 0.3 is 0 Å². The summed E-state index contributed by atoms with van der Waals surface area (Å²) in [6.45, 7) is 9.19. The van der Waals surface area contributed by atoms with Gasteiger partial charge in [0, 0.05) is 37.4 Å². The summed E-state index contributed by atoms with van der Waals surface area (Å²) in [7, 11) is 0. The molecular weight excluding hydrogens is 222 g/mol. The lowest BCUT2D eigenvalue weighted by molar-refractivity contribution is 0.0531. The highest BCUT2D eigenvalue weighted by Gasteiger charge is 2.34. The van der Waals surface area contributed by atoms with E-state index in [2.05, 4.69) is 46.8 Å². The van der Waals surface area contributed by atoms with E-state index in [-0.39, 0.29) is 0 Å². The molecule has 3 rings (SSSR count). The second-order valence-electron chi connectivity index (χ2n) is 5.84. The molecule has 0 spiro atoms. The molecule has 1 unspecified atom stereocenters. The van der Waals surface area contributed by atoms with Crippen molar-refractivity contribution >= 4 is 0 Å². The highest BCUT2D eigenvalue weighted by atomic mass is 15.3. The zero-order chi connectivity index (χ0) is 12.5. The molecule has 2 fully saturated rings. The largest absolute Gasteiger partial charge is 0.298 e. The standard InChI is InChI=1S/C15H23N3/c1-12-5-3-6-14(16-12)10-18-11-15-7-4-8-17(15)9-13(18)2/h3,5-6,13,15H,4,7-11H2,1-2H3/t13-,15?/m1/s1. The van der Waals surface area contributed by atoms with Crippen LogP contribution >= 0.6 is 0 Å². The average molecular weight is 245 g/mol. The number of pyridine rings is 1. The predicted molar refractivity (Wildman–Crippen MR) is 73.4 cm³/mol. The maximum Gasteiger partial charge on any atom is 0.0547 e. The van der Waals surface area contributed by atoms with Gasteiger partial charge in [0.15, 0.2) is 0 Å². The fourth-order valence-corrected chi connectivity index (χ4v) is 3.36. The van der Waals surface area contributed by atoms with E-state index >= 15 is 0 Å². The Morgan fingerprint density at radius 2 is 2.22 bits per heavy atom. The Bertz CT molecular complexity index is 418. The second kappa shape index (κ2) is 4.98. The molecule has 0 N–H and O–H groups in total. The van der Waals surface area contributed by atoms with Crippen LogP contribution in [0.25, 0.3) is 0 Å². The van der Waals surface area contributed by atoms with Crippen molar-refractivity contribution in [3.05, 3.63) is 29.6 Å². The number of nitrogens with zero attached hydrogens (tertiary/aromatic N) is 3. The monoisotopic (exact) mass is 245 g/mol. The van der Waals surface area contributed by atoms with Gasteiger partial charge in [-0.25, -0.2) is 0 Å². The fourth-order valence-electron chi connectivity index (χ4n) is 3.36. The van der Waals surface area contributed by atoms with Crippen molar-refractivity contribution in [2.45, 2.75) is 45.3 Å². The van der Waals surface area contributed by atoms with E-state index in [0.29, 0.717) is 6.04 Å². The van der Waals surface area contributed by atoms with Crippen molar-refractivity contribution < 1.29 is 0 Å². The van der Waals surface area contributed by atoms with Gasteiger partial charge in [-0.3, -0.25) is 14.8 Å². The molecule has 2 atom stereocenters. The molecule has 1 aromatic rings. The van der Waals surface area contributed by atoms with Crippen molar-refractivity contribution in [2.24, 2.45) is 0 Å². The molecule has 2 saturated heterocycles. The summed E-state index contributed by atoms with van der Waals surface area (Å²) in [5.74, 6) is 0. The fraction of sp³-hybridized carbons (Fsp3) is 0.667. The summed E-state index contributed by atoms with van der Waals surface area (Å²) in [5, 5.41) is 0. The van der Waals surface area contributed by atoms with Crippen molar-refractivity contribution in [3.8, 4) is 0 Å². The van der Waals surface area contributed by atoms with Crippen LogP contribution in [0.4, 0.5) is 0 Å². The van der Waals surface area contributed by atoms with Crippen LogP contribution in [0.15, 0.2) is 18.2 Å². The van der Waals surface area contributed by atoms with Crippen LogP contribution < -0.4 is 0 Å². The quantitative estimate of drug-likeness (QED) is 0.795. The minimum atomic E-state index is 0.654. The van der Waals surface area contributed by atoms with Crippen LogP contribution in [0.1, 0.15) is 31.2 Å². The van der Waals surface area contributed by atoms with E-state index in [0.717, 1.165) is 18.3 Å². The van der Waals surface area contributed by atoms with Crippen LogP contribution in [0.3, 0.4) is 0 Å². The normalized spacial score (nSPS) is 29.4. The van der Waals surface area contributed by atoms with Gasteiger partial charge in [0.05, 0.1) is 5.69 Å². The maximum atomic E-state index is 4.63. The smallest absolute Gasteiger partial charge is 0.0547 e. The van der Waals surface area contributed by atoms with E-state index in [1.165, 1.54) is 38.2 Å². The number of aryl methyl sites for hydroxylation is 1. The van der Waals surface area contributed by atoms with Crippen LogP contribution in [-0.4, -0.2) is 46.5 Å². The Hall–Kier alpha value is -0.930. The molecule has 0 aromatic carbocycles. The topological polar surface area (TPSA) is 19.4 Å². The SMILES string of the molecule is Cc1cccc(CN2CC3CCCN3C[C@H]2C)n1. The molecule has 2 aliphatic heterocycles. The lowest BCUT2D eigenvalue weighted by Gasteiger charge is -2.42. The minimum absolute atomic E-state index is 0.654. The molecule has 0 bridgehead atoms. The summed E-state index contributed by atoms with van der Waals surface area (Å²) >= 11 is 0. The van der Waals surface area contributed by atoms with Crippen molar-refractivity contribution in [1.82, 2.24) is 14.8 Å². The first-order chi connectivity index (χ1) is 8.72. The molecular formula is C15H23N3. The van der Waals surface area contributed by atoms with E-state index in [1.807, 2.05) is 0 Å². The minimum Gasteiger partial charge on any atom is -0.298 e. The molecule has 3 heterocycles. The number of hydrogen-bond acceptors (Lipinski definition) is 3. The van der Waals surface area contributed by atoms with Gasteiger partial charge in [0.1, 0.15) is 0 Å². The van der Waals surface area contributed by atoms with E-state index < -0.39 is 0 Å². The van der Waals surface area contributed by atoms with Gasteiger partial charge in [-0.15, -0.1) is 0 Å². The van der Waals surface area contributed by atoms with Gasteiger partial charge in [0.2, 0.25) is 0 Å². The molecule has 0 aliphatic carbocycles. The lowest BCUT2D eigenvalue weighted by atomic mass is 10.1. The number of rotatable bonds is 2. The number of piperazine rings is 1. The Labute approximate surface area is 110 Å². The summed E-state index contributed by atoms with van der Waals surface area (Å²) in [6.07, 6.45) is 2.76. The molecule has 2 aliphatic rings. The zero-order valence-electron chi connectivity index (χ0n) is 11.5. The summed E-state index contributed by atoms with van der Waals surface area (Å²) in [5.41, 5.74) is 2.34. The molecule has 3 heteroatoms. The Morgan fingerprint density at radius 3 is 3.06 bits per heavy atom. The zero-order valence-corrected chi connectivity index (χ0v) is 11.5. The van der Waals surface area contributed by atoms with E-state index in [9.17, 15) is 0 Å². The molecule has 18 heavy (non-hydrogen) atoms. The van der Waals surface area contributed by atoms with Gasteiger partial charge in [0.25, 0.3) is 0 Å². The third-order valence-electron chi connectivity index (χ3n) is 4.38. The summed E-state index contributed by atoms with van der Waals surface area (Å²) in [4.78, 5) is 9.91. The van der Waals surface area contributed by atoms with Gasteiger partial charge in [-0.05, 0) is 45.4 Å². The molecule has 0 radical (unpaired) electrons. The van der Waals surface area contributed by atoms with E-state index in [4.69, 9.17) is 0 Å². The van der Waals surface area contributed by atoms with Gasteiger partial charge in [-0.1, -0.05) is 6.07 Å². The van der Waals surface area contributed by atoms with E-state index in [1.54, 1.807) is 0 Å². The van der Waals surface area contributed by atoms with Crippen molar-refractivity contribution in [1.29, 1.82) is 0 Å². The third kappa shape index (κ3) is 2.43. The first-order valence-corrected chi connectivity index (χ1v) is 7.13. The molecule has 1 aromatic heterocycles. The highest BCUT2D eigenvalue weighted by molar-refractivity contribution is 5.10. The average Bonchev–Trinajstić information content (AvgIpc) is 2.76. The van der Waals surface area contributed by atoms with Crippen molar-refractivity contribution in [2.75, 3.05) is 19.6 Å². The summed E-state index contributed by atoms with van der Waals surface area (Å²) in [6, 6.07) is 7.80. The predicted octanol–water partition coefficient (Wildman–Crippen LogP) is 2.06. The third-order valence-corrected chi connectivity index (χ3v) is 4.38. The maximum absolute atomic E-state index is 4.63. The molecule has 0 saturated carbocycles. The van der Waals surface area contributed by atoms with Crippen LogP contribution in [0, 0.1) is 6.92 Å². The Kier molecular flexibility index (Phi) is 3.35. The first-order valence-electron chi connectivity index (χ1n) is 7.13. The number of hydrogen-bond donors (Lipinski definition) is 0. The molecule has 3 nitrogen and oxygen atoms in total. The summed E-state index contributed by atoms with van der Waals surface area (Å²) < 4.78 is 0. The number of aromatic nitrogens is 1. The lowest BCUT2D eigenvalue weighted by Crippen LogP contribution is -2.54. The van der Waals surface area contributed by atoms with Crippen LogP contribution in [0.5, 0.6) is 0 Å².